The fourth-order valence-electron chi connectivity index (χ4n) is 2.45. The highest BCUT2D eigenvalue weighted by Crippen LogP contribution is 2.40. The van der Waals surface area contributed by atoms with Crippen molar-refractivity contribution in [2.45, 2.75) is 0 Å². The molecule has 1 radical (unpaired) electrons. The third kappa shape index (κ3) is 2.96. The van der Waals surface area contributed by atoms with E-state index in [4.69, 9.17) is 27.9 Å². The molecule has 0 amide bonds. The Hall–Kier alpha value is -1.96. The van der Waals surface area contributed by atoms with E-state index in [9.17, 15) is 0 Å². The van der Waals surface area contributed by atoms with Crippen LogP contribution in [0.1, 0.15) is 0 Å². The minimum atomic E-state index is 0.681. The van der Waals surface area contributed by atoms with E-state index < -0.39 is 0 Å². The van der Waals surface area contributed by atoms with Crippen LogP contribution in [0, 0.1) is 6.07 Å². The molecule has 0 aliphatic rings. The first-order valence-electron chi connectivity index (χ1n) is 6.79. The van der Waals surface area contributed by atoms with Crippen LogP contribution in [0.2, 0.25) is 10.0 Å². The number of hydrogen-bond donors (Lipinski definition) is 0. The van der Waals surface area contributed by atoms with E-state index in [1.807, 2.05) is 60.7 Å². The summed E-state index contributed by atoms with van der Waals surface area (Å²) in [6.07, 6.45) is 0. The van der Waals surface area contributed by atoms with Crippen molar-refractivity contribution in [2.24, 2.45) is 0 Å². The standard InChI is InChI=1S/C19H13Cl2O/c1-22-18-10-4-9-17(13-5-2-7-15(20)11-13)19(18)14-6-3-8-16(21)12-14/h2-8,10-12H,1H3. The summed E-state index contributed by atoms with van der Waals surface area (Å²) in [5.74, 6) is 0.774. The molecule has 0 aliphatic carbocycles. The van der Waals surface area contributed by atoms with Crippen molar-refractivity contribution in [3.63, 3.8) is 0 Å². The molecule has 0 aliphatic heterocycles. The largest absolute Gasteiger partial charge is 0.496 e. The number of hydrogen-bond acceptors (Lipinski definition) is 1. The van der Waals surface area contributed by atoms with E-state index in [-0.39, 0.29) is 0 Å². The maximum absolute atomic E-state index is 6.14. The summed E-state index contributed by atoms with van der Waals surface area (Å²) in [5.41, 5.74) is 3.86. The Balaban J connectivity index is 2.27. The van der Waals surface area contributed by atoms with Crippen molar-refractivity contribution in [1.29, 1.82) is 0 Å². The Morgan fingerprint density at radius 3 is 2.14 bits per heavy atom. The second-order valence-corrected chi connectivity index (χ2v) is 5.69. The van der Waals surface area contributed by atoms with Crippen LogP contribution in [0.25, 0.3) is 22.3 Å². The van der Waals surface area contributed by atoms with Crippen LogP contribution in [0.5, 0.6) is 5.75 Å². The summed E-state index contributed by atoms with van der Waals surface area (Å²) < 4.78 is 5.54. The van der Waals surface area contributed by atoms with Gasteiger partial charge in [-0.3, -0.25) is 0 Å². The summed E-state index contributed by atoms with van der Waals surface area (Å²) in [5, 5.41) is 1.37. The Kier molecular flexibility index (Phi) is 4.37. The van der Waals surface area contributed by atoms with Gasteiger partial charge in [-0.1, -0.05) is 53.5 Å². The Labute approximate surface area is 140 Å². The molecule has 3 aromatic rings. The SMILES string of the molecule is COc1cc[c]c(-c2cccc(Cl)c2)c1-c1cccc(Cl)c1. The van der Waals surface area contributed by atoms with E-state index in [2.05, 4.69) is 6.07 Å². The summed E-state index contributed by atoms with van der Waals surface area (Å²) in [6.45, 7) is 0. The predicted molar refractivity (Wildman–Crippen MR) is 92.7 cm³/mol. The molecule has 1 nitrogen and oxygen atoms in total. The summed E-state index contributed by atoms with van der Waals surface area (Å²) >= 11 is 12.3. The molecule has 0 fully saturated rings. The van der Waals surface area contributed by atoms with E-state index in [1.54, 1.807) is 7.11 Å². The molecule has 0 unspecified atom stereocenters. The Morgan fingerprint density at radius 2 is 1.50 bits per heavy atom. The molecular weight excluding hydrogens is 315 g/mol. The minimum Gasteiger partial charge on any atom is -0.496 e. The van der Waals surface area contributed by atoms with Gasteiger partial charge in [-0.05, 0) is 47.5 Å². The van der Waals surface area contributed by atoms with E-state index in [1.165, 1.54) is 0 Å². The highest BCUT2D eigenvalue weighted by molar-refractivity contribution is 6.31. The van der Waals surface area contributed by atoms with Crippen LogP contribution in [-0.4, -0.2) is 7.11 Å². The predicted octanol–water partition coefficient (Wildman–Crippen LogP) is 6.14. The van der Waals surface area contributed by atoms with Gasteiger partial charge in [0.05, 0.1) is 7.11 Å². The fourth-order valence-corrected chi connectivity index (χ4v) is 2.83. The number of ether oxygens (including phenoxy) is 1. The zero-order valence-electron chi connectivity index (χ0n) is 11.9. The number of rotatable bonds is 3. The van der Waals surface area contributed by atoms with Gasteiger partial charge in [-0.25, -0.2) is 0 Å². The van der Waals surface area contributed by atoms with Gasteiger partial charge in [0.15, 0.2) is 0 Å². The Bertz CT molecular complexity index is 812. The second kappa shape index (κ2) is 6.43. The van der Waals surface area contributed by atoms with E-state index in [0.29, 0.717) is 10.0 Å². The van der Waals surface area contributed by atoms with Gasteiger partial charge >= 0.3 is 0 Å². The van der Waals surface area contributed by atoms with Gasteiger partial charge in [0.2, 0.25) is 0 Å². The van der Waals surface area contributed by atoms with Crippen LogP contribution in [-0.2, 0) is 0 Å². The van der Waals surface area contributed by atoms with Gasteiger partial charge in [0.25, 0.3) is 0 Å². The number of halogens is 2. The van der Waals surface area contributed by atoms with Crippen molar-refractivity contribution >= 4 is 23.2 Å². The van der Waals surface area contributed by atoms with Gasteiger partial charge in [0.1, 0.15) is 5.75 Å². The molecule has 0 saturated carbocycles. The summed E-state index contributed by atoms with van der Waals surface area (Å²) in [7, 11) is 1.66. The van der Waals surface area contributed by atoms with Gasteiger partial charge < -0.3 is 4.74 Å². The average molecular weight is 328 g/mol. The topological polar surface area (TPSA) is 9.23 Å². The van der Waals surface area contributed by atoms with Crippen molar-refractivity contribution in [1.82, 2.24) is 0 Å². The molecule has 109 valence electrons. The molecule has 3 rings (SSSR count). The van der Waals surface area contributed by atoms with Crippen molar-refractivity contribution in [2.75, 3.05) is 7.11 Å². The van der Waals surface area contributed by atoms with Crippen molar-refractivity contribution < 1.29 is 4.74 Å². The van der Waals surface area contributed by atoms with Crippen LogP contribution in [0.15, 0.2) is 60.7 Å². The zero-order valence-corrected chi connectivity index (χ0v) is 13.4. The van der Waals surface area contributed by atoms with Gasteiger partial charge in [-0.15, -0.1) is 0 Å². The molecule has 0 N–H and O–H groups in total. The van der Waals surface area contributed by atoms with Crippen molar-refractivity contribution in [3.8, 4) is 28.0 Å². The smallest absolute Gasteiger partial charge is 0.127 e. The van der Waals surface area contributed by atoms with Crippen LogP contribution >= 0.6 is 23.2 Å². The number of benzene rings is 3. The van der Waals surface area contributed by atoms with Crippen LogP contribution in [0.3, 0.4) is 0 Å². The lowest BCUT2D eigenvalue weighted by molar-refractivity contribution is 0.416. The second-order valence-electron chi connectivity index (χ2n) is 4.82. The zero-order chi connectivity index (χ0) is 15.5. The lowest BCUT2D eigenvalue weighted by atomic mass is 9.94. The summed E-state index contributed by atoms with van der Waals surface area (Å²) in [4.78, 5) is 0. The van der Waals surface area contributed by atoms with Crippen molar-refractivity contribution in [3.05, 3.63) is 76.8 Å². The molecule has 0 heterocycles. The average Bonchev–Trinajstić information content (AvgIpc) is 2.54. The molecule has 0 bridgehead atoms. The number of methoxy groups -OCH3 is 1. The molecule has 3 heteroatoms. The Morgan fingerprint density at radius 1 is 0.864 bits per heavy atom. The van der Waals surface area contributed by atoms with Gasteiger partial charge in [0, 0.05) is 21.2 Å². The lowest BCUT2D eigenvalue weighted by Crippen LogP contribution is -1.92. The van der Waals surface area contributed by atoms with Gasteiger partial charge in [-0.2, -0.15) is 0 Å². The molecule has 0 saturated heterocycles. The maximum atomic E-state index is 6.14. The minimum absolute atomic E-state index is 0.681. The van der Waals surface area contributed by atoms with E-state index in [0.717, 1.165) is 28.0 Å². The molecule has 0 spiro atoms. The first kappa shape index (κ1) is 15.0. The first-order valence-corrected chi connectivity index (χ1v) is 7.55. The molecule has 3 aromatic carbocycles. The quantitative estimate of drug-likeness (QED) is 0.561. The molecular formula is C19H13Cl2O. The fraction of sp³-hybridized carbons (Fsp3) is 0.0526. The normalized spacial score (nSPS) is 10.5. The first-order chi connectivity index (χ1) is 10.7. The van der Waals surface area contributed by atoms with Crippen LogP contribution in [0.4, 0.5) is 0 Å². The third-order valence-electron chi connectivity index (χ3n) is 3.41. The molecule has 0 atom stereocenters. The highest BCUT2D eigenvalue weighted by atomic mass is 35.5. The lowest BCUT2D eigenvalue weighted by Gasteiger charge is -2.14. The molecule has 22 heavy (non-hydrogen) atoms. The monoisotopic (exact) mass is 327 g/mol. The third-order valence-corrected chi connectivity index (χ3v) is 3.88. The highest BCUT2D eigenvalue weighted by Gasteiger charge is 2.14. The maximum Gasteiger partial charge on any atom is 0.127 e. The van der Waals surface area contributed by atoms with Crippen LogP contribution < -0.4 is 4.74 Å². The summed E-state index contributed by atoms with van der Waals surface area (Å²) in [6, 6.07) is 22.4. The van der Waals surface area contributed by atoms with E-state index >= 15 is 0 Å². The molecule has 0 aromatic heterocycles.